The Hall–Kier alpha value is -1.31. The Balaban J connectivity index is 1.46. The summed E-state index contributed by atoms with van der Waals surface area (Å²) in [5, 5.41) is 0. The van der Waals surface area contributed by atoms with Crippen LogP contribution in [0.5, 0.6) is 0 Å². The summed E-state index contributed by atoms with van der Waals surface area (Å²) in [6, 6.07) is 9.05. The van der Waals surface area contributed by atoms with Crippen molar-refractivity contribution in [1.29, 1.82) is 0 Å². The van der Waals surface area contributed by atoms with Gasteiger partial charge >= 0.3 is 0 Å². The number of benzene rings is 1. The monoisotopic (exact) mass is 371 g/mol. The molecule has 0 radical (unpaired) electrons. The summed E-state index contributed by atoms with van der Waals surface area (Å²) in [4.78, 5) is 13.7. The van der Waals surface area contributed by atoms with E-state index >= 15 is 0 Å². The quantitative estimate of drug-likeness (QED) is 0.325. The molecule has 1 aromatic rings. The van der Waals surface area contributed by atoms with Crippen molar-refractivity contribution < 1.29 is 4.79 Å². The number of anilines is 1. The van der Waals surface area contributed by atoms with Crippen molar-refractivity contribution >= 4 is 11.5 Å². The lowest BCUT2D eigenvalue weighted by molar-refractivity contribution is -0.119. The molecule has 1 aliphatic heterocycles. The summed E-state index contributed by atoms with van der Waals surface area (Å²) in [5.41, 5.74) is 2.74. The summed E-state index contributed by atoms with van der Waals surface area (Å²) in [6.07, 6.45) is 19.5. The second-order valence-corrected chi connectivity index (χ2v) is 8.33. The van der Waals surface area contributed by atoms with Crippen LogP contribution in [0.15, 0.2) is 24.3 Å². The van der Waals surface area contributed by atoms with E-state index in [0.29, 0.717) is 18.6 Å². The Labute approximate surface area is 167 Å². The molecule has 2 heteroatoms. The lowest BCUT2D eigenvalue weighted by Gasteiger charge is -2.28. The maximum absolute atomic E-state index is 11.4. The first-order chi connectivity index (χ1) is 13.3. The predicted molar refractivity (Wildman–Crippen MR) is 118 cm³/mol. The fraction of sp³-hybridized carbons (Fsp3) is 0.720. The molecular formula is C25H41NO. The number of ketones is 1. The van der Waals surface area contributed by atoms with Gasteiger partial charge in [-0.1, -0.05) is 89.7 Å². The van der Waals surface area contributed by atoms with Crippen LogP contribution < -0.4 is 4.90 Å². The van der Waals surface area contributed by atoms with Gasteiger partial charge in [0, 0.05) is 31.6 Å². The zero-order valence-corrected chi connectivity index (χ0v) is 17.7. The molecule has 2 nitrogen and oxygen atoms in total. The molecule has 0 aliphatic carbocycles. The molecule has 0 N–H and O–H groups in total. The van der Waals surface area contributed by atoms with Gasteiger partial charge in [-0.25, -0.2) is 0 Å². The minimum absolute atomic E-state index is 0.412. The van der Waals surface area contributed by atoms with E-state index in [4.69, 9.17) is 0 Å². The highest BCUT2D eigenvalue weighted by molar-refractivity contribution is 5.81. The van der Waals surface area contributed by atoms with Crippen LogP contribution in [0.4, 0.5) is 5.69 Å². The van der Waals surface area contributed by atoms with Crippen molar-refractivity contribution in [1.82, 2.24) is 0 Å². The highest BCUT2D eigenvalue weighted by atomic mass is 16.1. The first-order valence-corrected chi connectivity index (χ1v) is 11.6. The molecule has 0 spiro atoms. The van der Waals surface area contributed by atoms with Crippen LogP contribution in [0, 0.1) is 0 Å². The smallest absolute Gasteiger partial charge is 0.136 e. The van der Waals surface area contributed by atoms with Gasteiger partial charge in [0.15, 0.2) is 0 Å². The molecule has 0 atom stereocenters. The number of nitrogens with zero attached hydrogens (tertiary/aromatic N) is 1. The number of unbranched alkanes of at least 4 members (excludes halogenated alkanes) is 11. The SMILES string of the molecule is CCCCCCCCCCCCCCc1ccc(N2CCC(=O)CC2)cc1. The second-order valence-electron chi connectivity index (χ2n) is 8.33. The van der Waals surface area contributed by atoms with Crippen LogP contribution in [-0.4, -0.2) is 18.9 Å². The van der Waals surface area contributed by atoms with E-state index in [9.17, 15) is 4.79 Å². The Morgan fingerprint density at radius 1 is 0.704 bits per heavy atom. The van der Waals surface area contributed by atoms with Crippen molar-refractivity contribution in [3.63, 3.8) is 0 Å². The third kappa shape index (κ3) is 9.44. The normalized spacial score (nSPS) is 14.7. The van der Waals surface area contributed by atoms with Gasteiger partial charge < -0.3 is 4.90 Å². The average Bonchev–Trinajstić information content (AvgIpc) is 2.70. The molecule has 152 valence electrons. The van der Waals surface area contributed by atoms with Crippen LogP contribution >= 0.6 is 0 Å². The Morgan fingerprint density at radius 2 is 1.19 bits per heavy atom. The van der Waals surface area contributed by atoms with E-state index in [1.165, 1.54) is 94.7 Å². The van der Waals surface area contributed by atoms with Crippen molar-refractivity contribution in [2.75, 3.05) is 18.0 Å². The van der Waals surface area contributed by atoms with E-state index in [2.05, 4.69) is 36.1 Å². The first-order valence-electron chi connectivity index (χ1n) is 11.6. The number of hydrogen-bond acceptors (Lipinski definition) is 2. The van der Waals surface area contributed by atoms with Gasteiger partial charge in [-0.15, -0.1) is 0 Å². The standard InChI is InChI=1S/C25H41NO/c1-2-3-4-5-6-7-8-9-10-11-12-13-14-23-15-17-24(18-16-23)26-21-19-25(27)20-22-26/h15-18H,2-14,19-22H2,1H3. The second kappa shape index (κ2) is 13.8. The zero-order valence-electron chi connectivity index (χ0n) is 17.7. The molecule has 0 unspecified atom stereocenters. The molecule has 0 bridgehead atoms. The molecule has 1 fully saturated rings. The minimum atomic E-state index is 0.412. The molecular weight excluding hydrogens is 330 g/mol. The van der Waals surface area contributed by atoms with Crippen LogP contribution in [-0.2, 0) is 11.2 Å². The van der Waals surface area contributed by atoms with E-state index in [1.54, 1.807) is 0 Å². The fourth-order valence-corrected chi connectivity index (χ4v) is 4.06. The fourth-order valence-electron chi connectivity index (χ4n) is 4.06. The third-order valence-corrected chi connectivity index (χ3v) is 5.94. The molecule has 1 aromatic carbocycles. The molecule has 1 aliphatic rings. The highest BCUT2D eigenvalue weighted by Gasteiger charge is 2.16. The van der Waals surface area contributed by atoms with E-state index in [1.807, 2.05) is 0 Å². The van der Waals surface area contributed by atoms with Crippen molar-refractivity contribution in [2.24, 2.45) is 0 Å². The molecule has 0 saturated carbocycles. The van der Waals surface area contributed by atoms with Crippen molar-refractivity contribution in [3.05, 3.63) is 29.8 Å². The number of aryl methyl sites for hydroxylation is 1. The molecule has 1 heterocycles. The Bertz CT molecular complexity index is 498. The topological polar surface area (TPSA) is 20.3 Å². The lowest BCUT2D eigenvalue weighted by atomic mass is 10.0. The number of carbonyl (C=O) groups excluding carboxylic acids is 1. The first kappa shape index (κ1) is 22.0. The Kier molecular flexibility index (Phi) is 11.2. The maximum atomic E-state index is 11.4. The van der Waals surface area contributed by atoms with Crippen LogP contribution in [0.25, 0.3) is 0 Å². The summed E-state index contributed by atoms with van der Waals surface area (Å²) in [5.74, 6) is 0.412. The van der Waals surface area contributed by atoms with Gasteiger partial charge in [-0.05, 0) is 30.5 Å². The predicted octanol–water partition coefficient (Wildman–Crippen LogP) is 7.10. The van der Waals surface area contributed by atoms with Gasteiger partial charge in [0.25, 0.3) is 0 Å². The lowest BCUT2D eigenvalue weighted by Crippen LogP contribution is -2.33. The largest absolute Gasteiger partial charge is 0.371 e. The molecule has 1 saturated heterocycles. The van der Waals surface area contributed by atoms with E-state index in [0.717, 1.165) is 13.1 Å². The number of carbonyl (C=O) groups is 1. The third-order valence-electron chi connectivity index (χ3n) is 5.94. The summed E-state index contributed by atoms with van der Waals surface area (Å²) < 4.78 is 0. The molecule has 27 heavy (non-hydrogen) atoms. The van der Waals surface area contributed by atoms with Crippen LogP contribution in [0.1, 0.15) is 102 Å². The van der Waals surface area contributed by atoms with Crippen LogP contribution in [0.3, 0.4) is 0 Å². The molecule has 2 rings (SSSR count). The summed E-state index contributed by atoms with van der Waals surface area (Å²) in [6.45, 7) is 4.06. The highest BCUT2D eigenvalue weighted by Crippen LogP contribution is 2.20. The number of Topliss-reactive ketones (excluding diaryl/α,β-unsaturated/α-hetero) is 1. The van der Waals surface area contributed by atoms with Gasteiger partial charge in [-0.2, -0.15) is 0 Å². The maximum Gasteiger partial charge on any atom is 0.136 e. The van der Waals surface area contributed by atoms with Gasteiger partial charge in [0.05, 0.1) is 0 Å². The van der Waals surface area contributed by atoms with Crippen molar-refractivity contribution in [3.8, 4) is 0 Å². The zero-order chi connectivity index (χ0) is 19.2. The molecule has 0 aromatic heterocycles. The van der Waals surface area contributed by atoms with E-state index in [-0.39, 0.29) is 0 Å². The minimum Gasteiger partial charge on any atom is -0.371 e. The van der Waals surface area contributed by atoms with Crippen molar-refractivity contribution in [2.45, 2.75) is 103 Å². The van der Waals surface area contributed by atoms with E-state index < -0.39 is 0 Å². The summed E-state index contributed by atoms with van der Waals surface area (Å²) >= 11 is 0. The average molecular weight is 372 g/mol. The van der Waals surface area contributed by atoms with Gasteiger partial charge in [-0.3, -0.25) is 4.79 Å². The number of rotatable bonds is 14. The number of piperidine rings is 1. The molecule has 0 amide bonds. The number of hydrogen-bond donors (Lipinski definition) is 0. The van der Waals surface area contributed by atoms with Gasteiger partial charge in [0.2, 0.25) is 0 Å². The van der Waals surface area contributed by atoms with Crippen LogP contribution in [0.2, 0.25) is 0 Å². The Morgan fingerprint density at radius 3 is 1.70 bits per heavy atom. The summed E-state index contributed by atoms with van der Waals surface area (Å²) in [7, 11) is 0. The van der Waals surface area contributed by atoms with Gasteiger partial charge in [0.1, 0.15) is 5.78 Å².